The Morgan fingerprint density at radius 3 is 2.94 bits per heavy atom. The van der Waals surface area contributed by atoms with Crippen molar-refractivity contribution >= 4 is 21.9 Å². The molecule has 0 radical (unpaired) electrons. The van der Waals surface area contributed by atoms with E-state index in [1.165, 1.54) is 0 Å². The molecule has 1 aromatic carbocycles. The van der Waals surface area contributed by atoms with Crippen molar-refractivity contribution < 1.29 is 9.90 Å². The van der Waals surface area contributed by atoms with Crippen LogP contribution in [0.4, 0.5) is 0 Å². The smallest absolute Gasteiger partial charge is 0.303 e. The normalized spacial score (nSPS) is 10.6. The van der Waals surface area contributed by atoms with Gasteiger partial charge in [0.2, 0.25) is 0 Å². The molecule has 0 saturated carbocycles. The van der Waals surface area contributed by atoms with Crippen LogP contribution in [0.5, 0.6) is 0 Å². The molecule has 0 aliphatic rings. The summed E-state index contributed by atoms with van der Waals surface area (Å²) in [6.45, 7) is 1.94. The standard InChI is InChI=1S/C13H13BrN2O2/c1-8-13(9-3-2-4-10(14)7-9)11(16-15-8)5-6-12(17)18/h2-4,7H,5-6H2,1H3,(H,15,16)(H,17,18). The van der Waals surface area contributed by atoms with E-state index in [-0.39, 0.29) is 6.42 Å². The van der Waals surface area contributed by atoms with Crippen LogP contribution >= 0.6 is 15.9 Å². The summed E-state index contributed by atoms with van der Waals surface area (Å²) < 4.78 is 0.991. The summed E-state index contributed by atoms with van der Waals surface area (Å²) in [5.41, 5.74) is 3.79. The molecule has 0 bridgehead atoms. The second-order valence-corrected chi connectivity index (χ2v) is 4.99. The molecule has 0 atom stereocenters. The lowest BCUT2D eigenvalue weighted by molar-refractivity contribution is -0.136. The zero-order chi connectivity index (χ0) is 13.1. The molecule has 2 rings (SSSR count). The number of carbonyl (C=O) groups is 1. The first kappa shape index (κ1) is 12.8. The van der Waals surface area contributed by atoms with Crippen molar-refractivity contribution in [2.45, 2.75) is 19.8 Å². The van der Waals surface area contributed by atoms with E-state index in [9.17, 15) is 4.79 Å². The second-order valence-electron chi connectivity index (χ2n) is 4.07. The van der Waals surface area contributed by atoms with Crippen molar-refractivity contribution in [2.24, 2.45) is 0 Å². The maximum absolute atomic E-state index is 10.6. The van der Waals surface area contributed by atoms with Gasteiger partial charge in [-0.25, -0.2) is 0 Å². The minimum atomic E-state index is -0.809. The van der Waals surface area contributed by atoms with Gasteiger partial charge in [-0.2, -0.15) is 5.10 Å². The molecule has 0 saturated heterocycles. The van der Waals surface area contributed by atoms with Gasteiger partial charge in [0.05, 0.1) is 12.1 Å². The number of H-pyrrole nitrogens is 1. The molecule has 0 fully saturated rings. The number of aromatic nitrogens is 2. The molecule has 1 heterocycles. The molecule has 5 heteroatoms. The summed E-state index contributed by atoms with van der Waals surface area (Å²) in [7, 11) is 0. The van der Waals surface area contributed by atoms with E-state index in [1.807, 2.05) is 31.2 Å². The Kier molecular flexibility index (Phi) is 3.81. The Hall–Kier alpha value is -1.62. The molecular weight excluding hydrogens is 296 g/mol. The maximum Gasteiger partial charge on any atom is 0.303 e. The van der Waals surface area contributed by atoms with Gasteiger partial charge in [0, 0.05) is 22.2 Å². The van der Waals surface area contributed by atoms with E-state index in [4.69, 9.17) is 5.11 Å². The molecule has 0 amide bonds. The second kappa shape index (κ2) is 5.35. The number of nitrogens with one attached hydrogen (secondary N) is 1. The SMILES string of the molecule is Cc1[nH]nc(CCC(=O)O)c1-c1cccc(Br)c1. The lowest BCUT2D eigenvalue weighted by Crippen LogP contribution is -1.99. The van der Waals surface area contributed by atoms with E-state index >= 15 is 0 Å². The monoisotopic (exact) mass is 308 g/mol. The molecule has 1 aromatic heterocycles. The number of rotatable bonds is 4. The zero-order valence-corrected chi connectivity index (χ0v) is 11.5. The highest BCUT2D eigenvalue weighted by Crippen LogP contribution is 2.28. The third-order valence-corrected chi connectivity index (χ3v) is 3.20. The summed E-state index contributed by atoms with van der Waals surface area (Å²) in [4.78, 5) is 10.6. The summed E-state index contributed by atoms with van der Waals surface area (Å²) in [6.07, 6.45) is 0.521. The van der Waals surface area contributed by atoms with Crippen LogP contribution in [0, 0.1) is 6.92 Å². The molecule has 0 spiro atoms. The topological polar surface area (TPSA) is 66.0 Å². The molecule has 94 valence electrons. The fourth-order valence-corrected chi connectivity index (χ4v) is 2.31. The Balaban J connectivity index is 2.37. The van der Waals surface area contributed by atoms with Crippen molar-refractivity contribution in [1.82, 2.24) is 10.2 Å². The first-order valence-electron chi connectivity index (χ1n) is 5.59. The van der Waals surface area contributed by atoms with Gasteiger partial charge in [0.15, 0.2) is 0 Å². The highest BCUT2D eigenvalue weighted by atomic mass is 79.9. The number of aromatic amines is 1. The lowest BCUT2D eigenvalue weighted by Gasteiger charge is -2.04. The van der Waals surface area contributed by atoms with E-state index in [1.54, 1.807) is 0 Å². The Labute approximate surface area is 113 Å². The minimum Gasteiger partial charge on any atom is -0.481 e. The van der Waals surface area contributed by atoms with Crippen molar-refractivity contribution in [3.05, 3.63) is 40.1 Å². The molecular formula is C13H13BrN2O2. The molecule has 0 unspecified atom stereocenters. The van der Waals surface area contributed by atoms with Crippen molar-refractivity contribution in [2.75, 3.05) is 0 Å². The third-order valence-electron chi connectivity index (χ3n) is 2.71. The van der Waals surface area contributed by atoms with E-state index < -0.39 is 5.97 Å². The summed E-state index contributed by atoms with van der Waals surface area (Å²) in [6, 6.07) is 7.90. The number of benzene rings is 1. The summed E-state index contributed by atoms with van der Waals surface area (Å²) in [5, 5.41) is 15.9. The fraction of sp³-hybridized carbons (Fsp3) is 0.231. The van der Waals surface area contributed by atoms with Crippen LogP contribution in [-0.4, -0.2) is 21.3 Å². The first-order valence-corrected chi connectivity index (χ1v) is 6.39. The number of carboxylic acids is 1. The van der Waals surface area contributed by atoms with Crippen molar-refractivity contribution in [1.29, 1.82) is 0 Å². The van der Waals surface area contributed by atoms with Crippen LogP contribution in [0.3, 0.4) is 0 Å². The third kappa shape index (κ3) is 2.79. The average Bonchev–Trinajstić information content (AvgIpc) is 2.68. The van der Waals surface area contributed by atoms with E-state index in [0.717, 1.165) is 27.0 Å². The summed E-state index contributed by atoms with van der Waals surface area (Å²) >= 11 is 3.43. The number of hydrogen-bond donors (Lipinski definition) is 2. The van der Waals surface area contributed by atoms with E-state index in [2.05, 4.69) is 26.1 Å². The predicted octanol–water partition coefficient (Wildman–Crippen LogP) is 3.16. The van der Waals surface area contributed by atoms with Crippen LogP contribution in [0.25, 0.3) is 11.1 Å². The van der Waals surface area contributed by atoms with Crippen molar-refractivity contribution in [3.63, 3.8) is 0 Å². The van der Waals surface area contributed by atoms with Gasteiger partial charge in [0.25, 0.3) is 0 Å². The van der Waals surface area contributed by atoms with Gasteiger partial charge in [-0.15, -0.1) is 0 Å². The zero-order valence-electron chi connectivity index (χ0n) is 9.90. The number of carboxylic acid groups (broad SMARTS) is 1. The number of aryl methyl sites for hydroxylation is 2. The Morgan fingerprint density at radius 1 is 1.50 bits per heavy atom. The first-order chi connectivity index (χ1) is 8.58. The quantitative estimate of drug-likeness (QED) is 0.911. The fourth-order valence-electron chi connectivity index (χ4n) is 1.91. The van der Waals surface area contributed by atoms with Crippen LogP contribution in [0.1, 0.15) is 17.8 Å². The van der Waals surface area contributed by atoms with Gasteiger partial charge >= 0.3 is 5.97 Å². The number of nitrogens with zero attached hydrogens (tertiary/aromatic N) is 1. The van der Waals surface area contributed by atoms with Gasteiger partial charge < -0.3 is 5.11 Å². The lowest BCUT2D eigenvalue weighted by atomic mass is 10.0. The maximum atomic E-state index is 10.6. The van der Waals surface area contributed by atoms with Gasteiger partial charge in [0.1, 0.15) is 0 Å². The van der Waals surface area contributed by atoms with E-state index in [0.29, 0.717) is 6.42 Å². The highest BCUT2D eigenvalue weighted by Gasteiger charge is 2.13. The molecule has 4 nitrogen and oxygen atoms in total. The number of hydrogen-bond acceptors (Lipinski definition) is 2. The largest absolute Gasteiger partial charge is 0.481 e. The highest BCUT2D eigenvalue weighted by molar-refractivity contribution is 9.10. The average molecular weight is 309 g/mol. The van der Waals surface area contributed by atoms with Gasteiger partial charge in [-0.3, -0.25) is 9.89 Å². The van der Waals surface area contributed by atoms with Crippen LogP contribution < -0.4 is 0 Å². The summed E-state index contributed by atoms with van der Waals surface area (Å²) in [5.74, 6) is -0.809. The molecule has 0 aliphatic heterocycles. The van der Waals surface area contributed by atoms with Gasteiger partial charge in [-0.05, 0) is 24.6 Å². The molecule has 0 aliphatic carbocycles. The van der Waals surface area contributed by atoms with Crippen LogP contribution in [0.2, 0.25) is 0 Å². The van der Waals surface area contributed by atoms with Crippen LogP contribution in [-0.2, 0) is 11.2 Å². The number of aliphatic carboxylic acids is 1. The predicted molar refractivity (Wildman–Crippen MR) is 72.4 cm³/mol. The van der Waals surface area contributed by atoms with Gasteiger partial charge in [-0.1, -0.05) is 28.1 Å². The Bertz CT molecular complexity index is 578. The van der Waals surface area contributed by atoms with Crippen LogP contribution in [0.15, 0.2) is 28.7 Å². The molecule has 2 aromatic rings. The number of halogens is 1. The molecule has 2 N–H and O–H groups in total. The Morgan fingerprint density at radius 2 is 2.28 bits per heavy atom. The molecule has 18 heavy (non-hydrogen) atoms. The minimum absolute atomic E-state index is 0.0886. The van der Waals surface area contributed by atoms with Crippen molar-refractivity contribution in [3.8, 4) is 11.1 Å².